The van der Waals surface area contributed by atoms with Gasteiger partial charge in [-0.3, -0.25) is 0 Å². The highest BCUT2D eigenvalue weighted by Crippen LogP contribution is 2.34. The Bertz CT molecular complexity index is 608. The summed E-state index contributed by atoms with van der Waals surface area (Å²) >= 11 is 0. The number of nitrogens with one attached hydrogen (secondary N) is 2. The highest BCUT2D eigenvalue weighted by atomic mass is 16.6. The molecule has 1 aliphatic carbocycles. The first kappa shape index (κ1) is 19.3. The van der Waals surface area contributed by atoms with Crippen molar-refractivity contribution in [3.8, 4) is 6.07 Å². The molecule has 1 saturated carbocycles. The summed E-state index contributed by atoms with van der Waals surface area (Å²) in [4.78, 5) is 11.6. The summed E-state index contributed by atoms with van der Waals surface area (Å²) in [7, 11) is 0. The normalized spacial score (nSPS) is 20.6. The topological polar surface area (TPSA) is 74.2 Å². The van der Waals surface area contributed by atoms with Gasteiger partial charge in [0.15, 0.2) is 0 Å². The summed E-state index contributed by atoms with van der Waals surface area (Å²) in [5, 5.41) is 15.5. The Kier molecular flexibility index (Phi) is 6.83. The van der Waals surface area contributed by atoms with Gasteiger partial charge in [0.25, 0.3) is 0 Å². The molecule has 2 rings (SSSR count). The van der Waals surface area contributed by atoms with Gasteiger partial charge in [0, 0.05) is 19.1 Å². The number of nitrogens with zero attached hydrogens (tertiary/aromatic N) is 1. The molecule has 1 aromatic carbocycles. The fourth-order valence-corrected chi connectivity index (χ4v) is 3.32. The zero-order chi connectivity index (χ0) is 18.3. The Balaban J connectivity index is 1.68. The van der Waals surface area contributed by atoms with Crippen molar-refractivity contribution in [1.82, 2.24) is 10.6 Å². The molecule has 0 unspecified atom stereocenters. The molecule has 0 bridgehead atoms. The molecule has 136 valence electrons. The number of hydrogen-bond acceptors (Lipinski definition) is 4. The van der Waals surface area contributed by atoms with E-state index in [0.717, 1.165) is 37.8 Å². The SMILES string of the molecule is CC(C)(C)OC(=O)NCCN[C@H]1CC[C@@H](c2ccccc2C#N)CC1. The van der Waals surface area contributed by atoms with E-state index in [1.807, 2.05) is 39.0 Å². The van der Waals surface area contributed by atoms with Crippen molar-refractivity contribution < 1.29 is 9.53 Å². The largest absolute Gasteiger partial charge is 0.444 e. The average molecular weight is 343 g/mol. The van der Waals surface area contributed by atoms with Crippen LogP contribution in [0.3, 0.4) is 0 Å². The Morgan fingerprint density at radius 3 is 2.52 bits per heavy atom. The molecule has 0 aromatic heterocycles. The zero-order valence-electron chi connectivity index (χ0n) is 15.5. The van der Waals surface area contributed by atoms with E-state index in [0.29, 0.717) is 18.5 Å². The molecular formula is C20H29N3O2. The third-order valence-corrected chi connectivity index (χ3v) is 4.47. The number of hydrogen-bond donors (Lipinski definition) is 2. The highest BCUT2D eigenvalue weighted by Gasteiger charge is 2.23. The van der Waals surface area contributed by atoms with Crippen molar-refractivity contribution >= 4 is 6.09 Å². The zero-order valence-corrected chi connectivity index (χ0v) is 15.5. The maximum atomic E-state index is 11.6. The van der Waals surface area contributed by atoms with Crippen LogP contribution in [0.25, 0.3) is 0 Å². The fraction of sp³-hybridized carbons (Fsp3) is 0.600. The van der Waals surface area contributed by atoms with Gasteiger partial charge in [-0.05, 0) is 64.0 Å². The van der Waals surface area contributed by atoms with Crippen LogP contribution >= 0.6 is 0 Å². The van der Waals surface area contributed by atoms with Crippen LogP contribution in [0.15, 0.2) is 24.3 Å². The van der Waals surface area contributed by atoms with Crippen LogP contribution in [-0.2, 0) is 4.74 Å². The molecule has 25 heavy (non-hydrogen) atoms. The Labute approximate surface area is 150 Å². The fourth-order valence-electron chi connectivity index (χ4n) is 3.32. The molecule has 2 N–H and O–H groups in total. The second-order valence-corrected chi connectivity index (χ2v) is 7.63. The van der Waals surface area contributed by atoms with Gasteiger partial charge in [-0.1, -0.05) is 18.2 Å². The van der Waals surface area contributed by atoms with E-state index in [1.165, 1.54) is 5.56 Å². The number of rotatable bonds is 5. The summed E-state index contributed by atoms with van der Waals surface area (Å²) < 4.78 is 5.21. The molecule has 1 amide bonds. The summed E-state index contributed by atoms with van der Waals surface area (Å²) in [6.07, 6.45) is 4.01. The predicted molar refractivity (Wildman–Crippen MR) is 98.4 cm³/mol. The molecule has 1 aliphatic rings. The van der Waals surface area contributed by atoms with Crippen molar-refractivity contribution in [2.75, 3.05) is 13.1 Å². The summed E-state index contributed by atoms with van der Waals surface area (Å²) in [6, 6.07) is 10.7. The Morgan fingerprint density at radius 2 is 1.88 bits per heavy atom. The highest BCUT2D eigenvalue weighted by molar-refractivity contribution is 5.67. The maximum Gasteiger partial charge on any atom is 0.407 e. The number of alkyl carbamates (subject to hydrolysis) is 1. The lowest BCUT2D eigenvalue weighted by molar-refractivity contribution is 0.0527. The maximum absolute atomic E-state index is 11.6. The van der Waals surface area contributed by atoms with Crippen LogP contribution in [0.2, 0.25) is 0 Å². The minimum absolute atomic E-state index is 0.369. The second-order valence-electron chi connectivity index (χ2n) is 7.63. The molecule has 0 spiro atoms. The molecule has 0 saturated heterocycles. The lowest BCUT2D eigenvalue weighted by Crippen LogP contribution is -2.40. The number of carbonyl (C=O) groups is 1. The second kappa shape index (κ2) is 8.87. The van der Waals surface area contributed by atoms with Gasteiger partial charge < -0.3 is 15.4 Å². The third-order valence-electron chi connectivity index (χ3n) is 4.47. The minimum atomic E-state index is -0.463. The predicted octanol–water partition coefficient (Wildman–Crippen LogP) is 3.70. The molecule has 5 heteroatoms. The van der Waals surface area contributed by atoms with E-state index in [4.69, 9.17) is 4.74 Å². The lowest BCUT2D eigenvalue weighted by atomic mass is 9.80. The van der Waals surface area contributed by atoms with E-state index in [9.17, 15) is 10.1 Å². The molecule has 0 radical (unpaired) electrons. The molecule has 1 fully saturated rings. The summed E-state index contributed by atoms with van der Waals surface area (Å²) in [5.41, 5.74) is 1.53. The van der Waals surface area contributed by atoms with E-state index in [-0.39, 0.29) is 6.09 Å². The first-order valence-corrected chi connectivity index (χ1v) is 9.08. The molecule has 5 nitrogen and oxygen atoms in total. The van der Waals surface area contributed by atoms with Gasteiger partial charge in [0.05, 0.1) is 11.6 Å². The standard InChI is InChI=1S/C20H29N3O2/c1-20(2,3)25-19(24)23-13-12-22-17-10-8-15(9-11-17)18-7-5-4-6-16(18)14-21/h4-7,15,17,22H,8-13H2,1-3H3,(H,23,24)/t15-,17+. The van der Waals surface area contributed by atoms with Gasteiger partial charge in [0.1, 0.15) is 5.60 Å². The third kappa shape index (κ3) is 6.39. The van der Waals surface area contributed by atoms with Gasteiger partial charge in [0.2, 0.25) is 0 Å². The quantitative estimate of drug-likeness (QED) is 0.800. The van der Waals surface area contributed by atoms with Crippen LogP contribution in [-0.4, -0.2) is 30.8 Å². The Hall–Kier alpha value is -2.06. The first-order valence-electron chi connectivity index (χ1n) is 9.08. The van der Waals surface area contributed by atoms with Gasteiger partial charge in [-0.25, -0.2) is 4.79 Å². The van der Waals surface area contributed by atoms with Crippen molar-refractivity contribution in [3.63, 3.8) is 0 Å². The number of ether oxygens (including phenoxy) is 1. The van der Waals surface area contributed by atoms with Gasteiger partial charge in [-0.15, -0.1) is 0 Å². The smallest absolute Gasteiger partial charge is 0.407 e. The molecule has 0 atom stereocenters. The van der Waals surface area contributed by atoms with E-state index < -0.39 is 5.60 Å². The lowest BCUT2D eigenvalue weighted by Gasteiger charge is -2.30. The van der Waals surface area contributed by atoms with Crippen LogP contribution in [0.1, 0.15) is 63.5 Å². The molecule has 1 aromatic rings. The number of carbonyl (C=O) groups excluding carboxylic acids is 1. The summed E-state index contributed by atoms with van der Waals surface area (Å²) in [6.45, 7) is 6.87. The van der Waals surface area contributed by atoms with Crippen LogP contribution in [0.4, 0.5) is 4.79 Å². The first-order chi connectivity index (χ1) is 11.9. The van der Waals surface area contributed by atoms with Crippen molar-refractivity contribution in [1.29, 1.82) is 5.26 Å². The minimum Gasteiger partial charge on any atom is -0.444 e. The van der Waals surface area contributed by atoms with Crippen LogP contribution in [0.5, 0.6) is 0 Å². The van der Waals surface area contributed by atoms with Crippen molar-refractivity contribution in [3.05, 3.63) is 35.4 Å². The van der Waals surface area contributed by atoms with Crippen molar-refractivity contribution in [2.45, 2.75) is 64.0 Å². The van der Waals surface area contributed by atoms with Crippen molar-refractivity contribution in [2.24, 2.45) is 0 Å². The average Bonchev–Trinajstić information content (AvgIpc) is 2.58. The van der Waals surface area contributed by atoms with Gasteiger partial charge >= 0.3 is 6.09 Å². The number of benzene rings is 1. The van der Waals surface area contributed by atoms with E-state index in [2.05, 4.69) is 22.8 Å². The number of amides is 1. The van der Waals surface area contributed by atoms with E-state index >= 15 is 0 Å². The number of nitriles is 1. The van der Waals surface area contributed by atoms with Crippen LogP contribution in [0, 0.1) is 11.3 Å². The van der Waals surface area contributed by atoms with Gasteiger partial charge in [-0.2, -0.15) is 5.26 Å². The monoisotopic (exact) mass is 343 g/mol. The molecular weight excluding hydrogens is 314 g/mol. The Morgan fingerprint density at radius 1 is 1.20 bits per heavy atom. The van der Waals surface area contributed by atoms with E-state index in [1.54, 1.807) is 0 Å². The van der Waals surface area contributed by atoms with Crippen LogP contribution < -0.4 is 10.6 Å². The summed E-state index contributed by atoms with van der Waals surface area (Å²) in [5.74, 6) is 0.480. The molecule has 0 heterocycles. The molecule has 0 aliphatic heterocycles.